The average Bonchev–Trinajstić information content (AvgIpc) is 2.76. The molecule has 0 fully saturated rings. The minimum absolute atomic E-state index is 0.188. The van der Waals surface area contributed by atoms with Gasteiger partial charge in [0, 0.05) is 17.5 Å². The van der Waals surface area contributed by atoms with Gasteiger partial charge in [-0.1, -0.05) is 39.0 Å². The summed E-state index contributed by atoms with van der Waals surface area (Å²) in [4.78, 5) is 4.55. The van der Waals surface area contributed by atoms with E-state index in [1.54, 1.807) is 11.3 Å². The summed E-state index contributed by atoms with van der Waals surface area (Å²) in [5, 5.41) is 3.07. The summed E-state index contributed by atoms with van der Waals surface area (Å²) in [6.07, 6.45) is 0. The van der Waals surface area contributed by atoms with Crippen LogP contribution in [0.3, 0.4) is 0 Å². The maximum Gasteiger partial charge on any atom is 0.107 e. The number of rotatable bonds is 2. The Bertz CT molecular complexity index is 550. The monoisotopic (exact) mass is 260 g/mol. The zero-order valence-electron chi connectivity index (χ0n) is 11.4. The Labute approximate surface area is 113 Å². The third-order valence-electron chi connectivity index (χ3n) is 3.09. The highest BCUT2D eigenvalue weighted by Crippen LogP contribution is 2.29. The minimum Gasteiger partial charge on any atom is -0.325 e. The molecule has 0 saturated carbocycles. The van der Waals surface area contributed by atoms with Gasteiger partial charge in [0.2, 0.25) is 0 Å². The highest BCUT2D eigenvalue weighted by Gasteiger charge is 2.15. The molecule has 0 atom stereocenters. The van der Waals surface area contributed by atoms with Gasteiger partial charge in [-0.3, -0.25) is 0 Å². The van der Waals surface area contributed by atoms with E-state index >= 15 is 0 Å². The highest BCUT2D eigenvalue weighted by atomic mass is 32.1. The number of aromatic nitrogens is 1. The van der Waals surface area contributed by atoms with Crippen LogP contribution in [-0.4, -0.2) is 4.98 Å². The molecule has 0 radical (unpaired) electrons. The van der Waals surface area contributed by atoms with Crippen molar-refractivity contribution in [1.82, 2.24) is 4.98 Å². The average molecular weight is 260 g/mol. The molecule has 0 saturated heterocycles. The van der Waals surface area contributed by atoms with Gasteiger partial charge in [0.1, 0.15) is 5.01 Å². The smallest absolute Gasteiger partial charge is 0.107 e. The van der Waals surface area contributed by atoms with Crippen LogP contribution in [-0.2, 0) is 12.0 Å². The first-order valence-corrected chi connectivity index (χ1v) is 7.06. The van der Waals surface area contributed by atoms with Gasteiger partial charge in [-0.05, 0) is 23.5 Å². The molecule has 2 N–H and O–H groups in total. The molecule has 2 nitrogen and oxygen atoms in total. The topological polar surface area (TPSA) is 38.9 Å². The molecular weight excluding hydrogens is 240 g/mol. The zero-order valence-corrected chi connectivity index (χ0v) is 12.3. The minimum atomic E-state index is 0.188. The Morgan fingerprint density at radius 3 is 2.50 bits per heavy atom. The standard InChI is InChI=1S/C15H20N2S/c1-10-7-11(15(2,3)4)5-6-12(10)13-9-18-14(8-16)17-13/h5-7,9H,8,16H2,1-4H3. The normalized spacial score (nSPS) is 11.8. The second kappa shape index (κ2) is 4.82. The number of nitrogens with zero attached hydrogens (tertiary/aromatic N) is 1. The van der Waals surface area contributed by atoms with Crippen molar-refractivity contribution in [1.29, 1.82) is 0 Å². The zero-order chi connectivity index (χ0) is 13.3. The summed E-state index contributed by atoms with van der Waals surface area (Å²) in [6.45, 7) is 9.36. The van der Waals surface area contributed by atoms with Gasteiger partial charge in [0.15, 0.2) is 0 Å². The lowest BCUT2D eigenvalue weighted by atomic mass is 9.85. The SMILES string of the molecule is Cc1cc(C(C)(C)C)ccc1-c1csc(CN)n1. The van der Waals surface area contributed by atoms with Gasteiger partial charge in [-0.25, -0.2) is 4.98 Å². The number of thiazole rings is 1. The summed E-state index contributed by atoms with van der Waals surface area (Å²) < 4.78 is 0. The van der Waals surface area contributed by atoms with E-state index in [0.717, 1.165) is 10.7 Å². The van der Waals surface area contributed by atoms with E-state index in [-0.39, 0.29) is 5.41 Å². The van der Waals surface area contributed by atoms with Gasteiger partial charge < -0.3 is 5.73 Å². The number of hydrogen-bond donors (Lipinski definition) is 1. The number of nitrogens with two attached hydrogens (primary N) is 1. The Balaban J connectivity index is 2.41. The Morgan fingerprint density at radius 2 is 2.00 bits per heavy atom. The van der Waals surface area contributed by atoms with Crippen LogP contribution in [0.1, 0.15) is 36.9 Å². The van der Waals surface area contributed by atoms with Crippen molar-refractivity contribution < 1.29 is 0 Å². The van der Waals surface area contributed by atoms with Crippen LogP contribution >= 0.6 is 11.3 Å². The van der Waals surface area contributed by atoms with Crippen molar-refractivity contribution in [2.24, 2.45) is 5.73 Å². The molecule has 0 spiro atoms. The third-order valence-corrected chi connectivity index (χ3v) is 3.97. The van der Waals surface area contributed by atoms with Crippen molar-refractivity contribution in [3.05, 3.63) is 39.7 Å². The summed E-state index contributed by atoms with van der Waals surface area (Å²) in [5.74, 6) is 0. The van der Waals surface area contributed by atoms with Crippen LogP contribution in [0.15, 0.2) is 23.6 Å². The van der Waals surface area contributed by atoms with Gasteiger partial charge in [0.25, 0.3) is 0 Å². The molecule has 0 amide bonds. The Morgan fingerprint density at radius 1 is 1.28 bits per heavy atom. The second-order valence-corrected chi connectivity index (χ2v) is 6.55. The van der Waals surface area contributed by atoms with E-state index in [0.29, 0.717) is 6.54 Å². The molecule has 1 aromatic carbocycles. The van der Waals surface area contributed by atoms with Crippen LogP contribution in [0.2, 0.25) is 0 Å². The first-order valence-electron chi connectivity index (χ1n) is 6.18. The second-order valence-electron chi connectivity index (χ2n) is 5.61. The first-order chi connectivity index (χ1) is 8.41. The van der Waals surface area contributed by atoms with Crippen molar-refractivity contribution in [2.75, 3.05) is 0 Å². The van der Waals surface area contributed by atoms with Gasteiger partial charge in [0.05, 0.1) is 5.69 Å². The lowest BCUT2D eigenvalue weighted by Gasteiger charge is -2.20. The predicted octanol–water partition coefficient (Wildman–Crippen LogP) is 3.87. The maximum atomic E-state index is 5.61. The molecule has 0 unspecified atom stereocenters. The largest absolute Gasteiger partial charge is 0.325 e. The van der Waals surface area contributed by atoms with Crippen molar-refractivity contribution in [3.8, 4) is 11.3 Å². The van der Waals surface area contributed by atoms with Crippen LogP contribution in [0.25, 0.3) is 11.3 Å². The number of aryl methyl sites for hydroxylation is 1. The van der Waals surface area contributed by atoms with Gasteiger partial charge in [-0.15, -0.1) is 11.3 Å². The molecule has 2 rings (SSSR count). The van der Waals surface area contributed by atoms with Crippen LogP contribution < -0.4 is 5.73 Å². The van der Waals surface area contributed by atoms with Crippen molar-refractivity contribution in [3.63, 3.8) is 0 Å². The van der Waals surface area contributed by atoms with E-state index in [4.69, 9.17) is 5.73 Å². The molecule has 18 heavy (non-hydrogen) atoms. The predicted molar refractivity (Wildman–Crippen MR) is 78.9 cm³/mol. The van der Waals surface area contributed by atoms with E-state index in [1.165, 1.54) is 16.7 Å². The molecular formula is C15H20N2S. The molecule has 2 aromatic rings. The Hall–Kier alpha value is -1.19. The lowest BCUT2D eigenvalue weighted by molar-refractivity contribution is 0.590. The van der Waals surface area contributed by atoms with E-state index < -0.39 is 0 Å². The molecule has 0 aliphatic carbocycles. The Kier molecular flexibility index (Phi) is 3.55. The highest BCUT2D eigenvalue weighted by molar-refractivity contribution is 7.09. The fourth-order valence-corrected chi connectivity index (χ4v) is 2.62. The van der Waals surface area contributed by atoms with Crippen LogP contribution in [0, 0.1) is 6.92 Å². The molecule has 1 aromatic heterocycles. The van der Waals surface area contributed by atoms with Crippen molar-refractivity contribution >= 4 is 11.3 Å². The van der Waals surface area contributed by atoms with Crippen LogP contribution in [0.5, 0.6) is 0 Å². The maximum absolute atomic E-state index is 5.61. The lowest BCUT2D eigenvalue weighted by Crippen LogP contribution is -2.11. The molecule has 0 aliphatic heterocycles. The van der Waals surface area contributed by atoms with Crippen molar-refractivity contribution in [2.45, 2.75) is 39.7 Å². The molecule has 0 aliphatic rings. The van der Waals surface area contributed by atoms with E-state index in [9.17, 15) is 0 Å². The summed E-state index contributed by atoms with van der Waals surface area (Å²) in [7, 11) is 0. The van der Waals surface area contributed by atoms with Gasteiger partial charge >= 0.3 is 0 Å². The molecule has 0 bridgehead atoms. The number of benzene rings is 1. The molecule has 96 valence electrons. The van der Waals surface area contributed by atoms with E-state index in [2.05, 4.69) is 56.3 Å². The summed E-state index contributed by atoms with van der Waals surface area (Å²) in [5.41, 5.74) is 10.7. The third kappa shape index (κ3) is 2.62. The molecule has 3 heteroatoms. The van der Waals surface area contributed by atoms with Gasteiger partial charge in [-0.2, -0.15) is 0 Å². The summed E-state index contributed by atoms with van der Waals surface area (Å²) >= 11 is 1.63. The van der Waals surface area contributed by atoms with Crippen LogP contribution in [0.4, 0.5) is 0 Å². The first kappa shape index (κ1) is 13.2. The van der Waals surface area contributed by atoms with E-state index in [1.807, 2.05) is 0 Å². The quantitative estimate of drug-likeness (QED) is 0.890. The number of hydrogen-bond acceptors (Lipinski definition) is 3. The summed E-state index contributed by atoms with van der Waals surface area (Å²) in [6, 6.07) is 6.63. The fourth-order valence-electron chi connectivity index (χ4n) is 1.95. The fraction of sp³-hybridized carbons (Fsp3) is 0.400. The molecule has 1 heterocycles.